The molecule has 5 heteroatoms. The lowest BCUT2D eigenvalue weighted by molar-refractivity contribution is -0.141. The summed E-state index contributed by atoms with van der Waals surface area (Å²) in [6, 6.07) is 0. The molecule has 1 aliphatic heterocycles. The summed E-state index contributed by atoms with van der Waals surface area (Å²) in [5, 5.41) is 0. The molecular formula is C10H20N2O2S. The minimum atomic E-state index is -0.147. The number of rotatable bonds is 4. The topological polar surface area (TPSA) is 55.6 Å². The number of esters is 1. The Morgan fingerprint density at radius 2 is 2.20 bits per heavy atom. The Kier molecular flexibility index (Phi) is 5.42. The number of hydrogen-bond donors (Lipinski definition) is 2. The van der Waals surface area contributed by atoms with Crippen molar-refractivity contribution in [1.29, 1.82) is 0 Å². The van der Waals surface area contributed by atoms with Crippen molar-refractivity contribution in [3.8, 4) is 0 Å². The highest BCUT2D eigenvalue weighted by atomic mass is 32.1. The van der Waals surface area contributed by atoms with Crippen LogP contribution in [0.25, 0.3) is 0 Å². The molecule has 0 aromatic rings. The van der Waals surface area contributed by atoms with Gasteiger partial charge in [0.1, 0.15) is 5.50 Å². The zero-order chi connectivity index (χ0) is 11.3. The van der Waals surface area contributed by atoms with Gasteiger partial charge in [-0.1, -0.05) is 0 Å². The van der Waals surface area contributed by atoms with Gasteiger partial charge in [0.2, 0.25) is 0 Å². The third-order valence-corrected chi connectivity index (χ3v) is 3.33. The van der Waals surface area contributed by atoms with Gasteiger partial charge in [0.15, 0.2) is 0 Å². The molecule has 2 N–H and O–H groups in total. The second-order valence-corrected chi connectivity index (χ2v) is 4.54. The summed E-state index contributed by atoms with van der Waals surface area (Å²) in [5.74, 6) is 0.524. The molecule has 0 amide bonds. The van der Waals surface area contributed by atoms with Gasteiger partial charge in [-0.05, 0) is 25.2 Å². The minimum absolute atomic E-state index is 0.108. The summed E-state index contributed by atoms with van der Waals surface area (Å²) in [6.45, 7) is 1.97. The third kappa shape index (κ3) is 4.40. The second kappa shape index (κ2) is 6.35. The first-order chi connectivity index (χ1) is 7.13. The van der Waals surface area contributed by atoms with Gasteiger partial charge >= 0.3 is 5.97 Å². The average molecular weight is 232 g/mol. The SMILES string of the molecule is COC(=O)CCC1CCN(C(N)S)CC1. The van der Waals surface area contributed by atoms with Gasteiger partial charge < -0.3 is 10.5 Å². The molecule has 1 fully saturated rings. The molecule has 15 heavy (non-hydrogen) atoms. The highest BCUT2D eigenvalue weighted by Crippen LogP contribution is 2.22. The van der Waals surface area contributed by atoms with Gasteiger partial charge in [-0.2, -0.15) is 0 Å². The first-order valence-electron chi connectivity index (χ1n) is 5.38. The number of thiol groups is 1. The lowest BCUT2D eigenvalue weighted by Gasteiger charge is -2.33. The van der Waals surface area contributed by atoms with Crippen molar-refractivity contribution in [2.75, 3.05) is 20.2 Å². The van der Waals surface area contributed by atoms with Crippen LogP contribution in [0.15, 0.2) is 0 Å². The molecule has 1 heterocycles. The van der Waals surface area contributed by atoms with E-state index >= 15 is 0 Å². The van der Waals surface area contributed by atoms with Crippen molar-refractivity contribution in [2.45, 2.75) is 31.2 Å². The molecule has 0 aromatic carbocycles. The van der Waals surface area contributed by atoms with Crippen LogP contribution in [0.3, 0.4) is 0 Å². The number of nitrogens with zero attached hydrogens (tertiary/aromatic N) is 1. The van der Waals surface area contributed by atoms with Gasteiger partial charge in [0.25, 0.3) is 0 Å². The molecule has 4 nitrogen and oxygen atoms in total. The summed E-state index contributed by atoms with van der Waals surface area (Å²) < 4.78 is 4.62. The molecule has 0 saturated carbocycles. The predicted octanol–water partition coefficient (Wildman–Crippen LogP) is 0.824. The zero-order valence-corrected chi connectivity index (χ0v) is 10.1. The number of carbonyl (C=O) groups excluding carboxylic acids is 1. The molecule has 1 saturated heterocycles. The fraction of sp³-hybridized carbons (Fsp3) is 0.900. The maximum atomic E-state index is 11.0. The summed E-state index contributed by atoms with van der Waals surface area (Å²) >= 11 is 4.20. The van der Waals surface area contributed by atoms with E-state index in [0.717, 1.165) is 32.4 Å². The fourth-order valence-corrected chi connectivity index (χ4v) is 2.16. The molecular weight excluding hydrogens is 212 g/mol. The Hall–Kier alpha value is -0.260. The van der Waals surface area contributed by atoms with Gasteiger partial charge in [0.05, 0.1) is 7.11 Å². The average Bonchev–Trinajstić information content (AvgIpc) is 2.26. The lowest BCUT2D eigenvalue weighted by Crippen LogP contribution is -2.43. The van der Waals surface area contributed by atoms with Crippen molar-refractivity contribution >= 4 is 18.6 Å². The number of likely N-dealkylation sites (tertiary alicyclic amines) is 1. The lowest BCUT2D eigenvalue weighted by atomic mass is 9.92. The molecule has 1 unspecified atom stereocenters. The van der Waals surface area contributed by atoms with E-state index in [9.17, 15) is 4.79 Å². The number of carbonyl (C=O) groups is 1. The second-order valence-electron chi connectivity index (χ2n) is 4.01. The van der Waals surface area contributed by atoms with Crippen LogP contribution >= 0.6 is 12.6 Å². The molecule has 0 bridgehead atoms. The van der Waals surface area contributed by atoms with Crippen LogP contribution in [-0.2, 0) is 9.53 Å². The number of hydrogen-bond acceptors (Lipinski definition) is 5. The van der Waals surface area contributed by atoms with Crippen LogP contribution in [-0.4, -0.2) is 36.6 Å². The van der Waals surface area contributed by atoms with Crippen LogP contribution in [0, 0.1) is 5.92 Å². The smallest absolute Gasteiger partial charge is 0.305 e. The number of methoxy groups -OCH3 is 1. The van der Waals surface area contributed by atoms with Crippen LogP contribution in [0.4, 0.5) is 0 Å². The summed E-state index contributed by atoms with van der Waals surface area (Å²) in [7, 11) is 1.44. The standard InChI is InChI=1S/C10H20N2O2S/c1-14-9(13)3-2-8-4-6-12(7-5-8)10(11)15/h8,10,15H,2-7,11H2,1H3. The van der Waals surface area contributed by atoms with Gasteiger partial charge in [0, 0.05) is 19.5 Å². The summed E-state index contributed by atoms with van der Waals surface area (Å²) in [6.07, 6.45) is 3.67. The van der Waals surface area contributed by atoms with Crippen molar-refractivity contribution in [3.63, 3.8) is 0 Å². The highest BCUT2D eigenvalue weighted by molar-refractivity contribution is 7.80. The summed E-state index contributed by atoms with van der Waals surface area (Å²) in [5.41, 5.74) is 5.53. The Bertz CT molecular complexity index is 204. The van der Waals surface area contributed by atoms with E-state index in [1.807, 2.05) is 0 Å². The molecule has 0 radical (unpaired) electrons. The highest BCUT2D eigenvalue weighted by Gasteiger charge is 2.21. The third-order valence-electron chi connectivity index (χ3n) is 3.01. The van der Waals surface area contributed by atoms with Crippen molar-refractivity contribution in [1.82, 2.24) is 4.90 Å². The molecule has 0 spiro atoms. The Balaban J connectivity index is 2.17. The molecule has 1 rings (SSSR count). The summed E-state index contributed by atoms with van der Waals surface area (Å²) in [4.78, 5) is 13.1. The first-order valence-corrected chi connectivity index (χ1v) is 5.89. The van der Waals surface area contributed by atoms with E-state index in [-0.39, 0.29) is 11.5 Å². The first kappa shape index (κ1) is 12.8. The largest absolute Gasteiger partial charge is 0.469 e. The van der Waals surface area contributed by atoms with E-state index in [4.69, 9.17) is 5.73 Å². The minimum Gasteiger partial charge on any atom is -0.469 e. The van der Waals surface area contributed by atoms with Crippen LogP contribution in [0.1, 0.15) is 25.7 Å². The maximum absolute atomic E-state index is 11.0. The van der Waals surface area contributed by atoms with E-state index in [2.05, 4.69) is 22.3 Å². The quantitative estimate of drug-likeness (QED) is 0.428. The van der Waals surface area contributed by atoms with Crippen molar-refractivity contribution in [2.24, 2.45) is 11.7 Å². The number of nitrogens with two attached hydrogens (primary N) is 1. The normalized spacial score (nSPS) is 21.3. The van der Waals surface area contributed by atoms with Crippen LogP contribution in [0.5, 0.6) is 0 Å². The Morgan fingerprint density at radius 1 is 1.60 bits per heavy atom. The van der Waals surface area contributed by atoms with Gasteiger partial charge in [-0.25, -0.2) is 0 Å². The maximum Gasteiger partial charge on any atom is 0.305 e. The Labute approximate surface area is 96.5 Å². The molecule has 1 atom stereocenters. The Morgan fingerprint density at radius 3 is 2.67 bits per heavy atom. The van der Waals surface area contributed by atoms with E-state index in [0.29, 0.717) is 12.3 Å². The number of ether oxygens (including phenoxy) is 1. The van der Waals surface area contributed by atoms with Gasteiger partial charge in [-0.15, -0.1) is 12.6 Å². The van der Waals surface area contributed by atoms with Gasteiger partial charge in [-0.3, -0.25) is 9.69 Å². The zero-order valence-electron chi connectivity index (χ0n) is 9.19. The predicted molar refractivity (Wildman–Crippen MR) is 62.5 cm³/mol. The van der Waals surface area contributed by atoms with Crippen molar-refractivity contribution in [3.05, 3.63) is 0 Å². The molecule has 1 aliphatic rings. The van der Waals surface area contributed by atoms with Crippen molar-refractivity contribution < 1.29 is 9.53 Å². The van der Waals surface area contributed by atoms with Crippen LogP contribution in [0.2, 0.25) is 0 Å². The molecule has 0 aliphatic carbocycles. The fourth-order valence-electron chi connectivity index (χ4n) is 1.93. The van der Waals surface area contributed by atoms with E-state index in [1.165, 1.54) is 7.11 Å². The monoisotopic (exact) mass is 232 g/mol. The van der Waals surface area contributed by atoms with E-state index in [1.54, 1.807) is 0 Å². The molecule has 88 valence electrons. The van der Waals surface area contributed by atoms with E-state index < -0.39 is 0 Å². The van der Waals surface area contributed by atoms with Crippen LogP contribution < -0.4 is 5.73 Å². The number of piperidine rings is 1. The molecule has 0 aromatic heterocycles.